The lowest BCUT2D eigenvalue weighted by Crippen LogP contribution is -2.49. The first-order valence-electron chi connectivity index (χ1n) is 12.0. The highest BCUT2D eigenvalue weighted by molar-refractivity contribution is 5.94. The Morgan fingerprint density at radius 3 is 2.38 bits per heavy atom. The van der Waals surface area contributed by atoms with Gasteiger partial charge >= 0.3 is 0 Å². The zero-order chi connectivity index (χ0) is 23.3. The summed E-state index contributed by atoms with van der Waals surface area (Å²) in [4.78, 5) is 16.2. The molecule has 3 aromatic rings. The van der Waals surface area contributed by atoms with E-state index in [2.05, 4.69) is 63.6 Å². The van der Waals surface area contributed by atoms with Gasteiger partial charge < -0.3 is 20.1 Å². The number of carbonyl (C=O) groups excluding carboxylic acids is 1. The van der Waals surface area contributed by atoms with Gasteiger partial charge in [-0.2, -0.15) is 0 Å². The van der Waals surface area contributed by atoms with Crippen molar-refractivity contribution in [2.75, 3.05) is 49.5 Å². The summed E-state index contributed by atoms with van der Waals surface area (Å²) >= 11 is 0. The number of aliphatic hydroxyl groups excluding tert-OH is 1. The van der Waals surface area contributed by atoms with Gasteiger partial charge in [0.05, 0.1) is 0 Å². The van der Waals surface area contributed by atoms with Crippen molar-refractivity contribution in [3.63, 3.8) is 0 Å². The van der Waals surface area contributed by atoms with Crippen LogP contribution in [-0.4, -0.2) is 61.3 Å². The van der Waals surface area contributed by atoms with E-state index in [4.69, 9.17) is 4.74 Å². The van der Waals surface area contributed by atoms with Crippen molar-refractivity contribution < 1.29 is 14.6 Å². The fourth-order valence-corrected chi connectivity index (χ4v) is 4.68. The van der Waals surface area contributed by atoms with Crippen LogP contribution in [0.3, 0.4) is 0 Å². The molecule has 6 nitrogen and oxygen atoms in total. The van der Waals surface area contributed by atoms with Gasteiger partial charge in [0.25, 0.3) is 0 Å². The molecule has 2 heterocycles. The number of carbonyl (C=O) groups is 1. The number of nitrogens with zero attached hydrogens (tertiary/aromatic N) is 2. The Balaban J connectivity index is 1.07. The molecule has 1 fully saturated rings. The van der Waals surface area contributed by atoms with E-state index in [0.717, 1.165) is 49.6 Å². The van der Waals surface area contributed by atoms with Crippen LogP contribution in [0.5, 0.6) is 5.75 Å². The van der Waals surface area contributed by atoms with Crippen LogP contribution >= 0.6 is 0 Å². The van der Waals surface area contributed by atoms with Gasteiger partial charge in [0, 0.05) is 50.5 Å². The van der Waals surface area contributed by atoms with Crippen LogP contribution in [0.15, 0.2) is 72.8 Å². The quantitative estimate of drug-likeness (QED) is 0.565. The number of aryl methyl sites for hydroxylation is 1. The summed E-state index contributed by atoms with van der Waals surface area (Å²) in [5.41, 5.74) is 5.65. The molecule has 2 N–H and O–H groups in total. The van der Waals surface area contributed by atoms with E-state index < -0.39 is 6.10 Å². The zero-order valence-corrected chi connectivity index (χ0v) is 19.3. The molecule has 1 atom stereocenters. The molecule has 0 unspecified atom stereocenters. The van der Waals surface area contributed by atoms with Gasteiger partial charge in [-0.1, -0.05) is 42.5 Å². The summed E-state index contributed by atoms with van der Waals surface area (Å²) in [6, 6.07) is 24.9. The number of fused-ring (bicyclic) bond motifs is 1. The van der Waals surface area contributed by atoms with E-state index in [1.807, 2.05) is 24.3 Å². The van der Waals surface area contributed by atoms with Crippen LogP contribution in [0.4, 0.5) is 11.4 Å². The Labute approximate surface area is 200 Å². The number of hydrogen-bond acceptors (Lipinski definition) is 5. The summed E-state index contributed by atoms with van der Waals surface area (Å²) in [5, 5.41) is 13.4. The minimum atomic E-state index is -0.549. The summed E-state index contributed by atoms with van der Waals surface area (Å²) in [6.07, 6.45) is 0.676. The van der Waals surface area contributed by atoms with Gasteiger partial charge in [-0.15, -0.1) is 0 Å². The average molecular weight is 458 g/mol. The molecule has 1 amide bonds. The predicted molar refractivity (Wildman–Crippen MR) is 135 cm³/mol. The molecular formula is C28H31N3O3. The normalized spacial score (nSPS) is 17.1. The Bertz CT molecular complexity index is 1110. The molecule has 34 heavy (non-hydrogen) atoms. The molecule has 2 aliphatic heterocycles. The van der Waals surface area contributed by atoms with Crippen molar-refractivity contribution in [2.24, 2.45) is 0 Å². The van der Waals surface area contributed by atoms with E-state index in [1.54, 1.807) is 0 Å². The highest BCUT2D eigenvalue weighted by atomic mass is 16.5. The summed E-state index contributed by atoms with van der Waals surface area (Å²) < 4.78 is 5.84. The number of benzene rings is 3. The second-order valence-corrected chi connectivity index (χ2v) is 9.03. The molecule has 0 spiro atoms. The number of ether oxygens (including phenoxy) is 1. The second-order valence-electron chi connectivity index (χ2n) is 9.03. The maximum absolute atomic E-state index is 11.5. The number of hydrogen-bond donors (Lipinski definition) is 2. The second kappa shape index (κ2) is 10.3. The van der Waals surface area contributed by atoms with E-state index >= 15 is 0 Å². The third-order valence-electron chi connectivity index (χ3n) is 6.60. The first kappa shape index (κ1) is 22.4. The lowest BCUT2D eigenvalue weighted by molar-refractivity contribution is -0.116. The molecule has 1 saturated heterocycles. The molecule has 6 heteroatoms. The van der Waals surface area contributed by atoms with Crippen molar-refractivity contribution >= 4 is 17.3 Å². The van der Waals surface area contributed by atoms with E-state index in [1.165, 1.54) is 16.8 Å². The highest BCUT2D eigenvalue weighted by Gasteiger charge is 2.20. The molecule has 176 valence electrons. The third-order valence-corrected chi connectivity index (χ3v) is 6.60. The first-order valence-corrected chi connectivity index (χ1v) is 12.0. The van der Waals surface area contributed by atoms with Crippen LogP contribution in [0.25, 0.3) is 11.1 Å². The first-order chi connectivity index (χ1) is 16.6. The van der Waals surface area contributed by atoms with Crippen LogP contribution in [-0.2, 0) is 11.2 Å². The number of rotatable bonds is 7. The molecule has 0 aromatic heterocycles. The van der Waals surface area contributed by atoms with Gasteiger partial charge in [0.15, 0.2) is 0 Å². The number of aliphatic hydroxyl groups is 1. The number of nitrogens with one attached hydrogen (secondary N) is 1. The van der Waals surface area contributed by atoms with E-state index in [-0.39, 0.29) is 12.5 Å². The smallest absolute Gasteiger partial charge is 0.224 e. The fraction of sp³-hybridized carbons (Fsp3) is 0.321. The predicted octanol–water partition coefficient (Wildman–Crippen LogP) is 3.80. The number of piperazine rings is 1. The zero-order valence-electron chi connectivity index (χ0n) is 19.3. The van der Waals surface area contributed by atoms with Gasteiger partial charge in [-0.05, 0) is 53.4 Å². The van der Waals surface area contributed by atoms with Crippen LogP contribution in [0.2, 0.25) is 0 Å². The van der Waals surface area contributed by atoms with Gasteiger partial charge in [0.2, 0.25) is 5.91 Å². The topological polar surface area (TPSA) is 65.0 Å². The van der Waals surface area contributed by atoms with Crippen LogP contribution in [0, 0.1) is 0 Å². The summed E-state index contributed by atoms with van der Waals surface area (Å²) in [5.74, 6) is 0.790. The van der Waals surface area contributed by atoms with Crippen LogP contribution in [0.1, 0.15) is 12.0 Å². The monoisotopic (exact) mass is 457 g/mol. The standard InChI is InChI=1S/C28H31N3O3/c32-25(20-34-26-11-12-27-23(18-26)8-13-28(33)29-27)19-30-14-16-31(17-15-30)24-9-6-22(7-10-24)21-4-2-1-3-5-21/h1-7,9-12,18,25,32H,8,13-17,19-20H2,(H,29,33)/t25-/m0/s1. The van der Waals surface area contributed by atoms with Crippen LogP contribution < -0.4 is 15.0 Å². The third kappa shape index (κ3) is 5.41. The van der Waals surface area contributed by atoms with Crippen molar-refractivity contribution in [3.05, 3.63) is 78.4 Å². The minimum Gasteiger partial charge on any atom is -0.491 e. The van der Waals surface area contributed by atoms with E-state index in [0.29, 0.717) is 13.0 Å². The van der Waals surface area contributed by atoms with Gasteiger partial charge in [-0.3, -0.25) is 9.69 Å². The van der Waals surface area contributed by atoms with Crippen molar-refractivity contribution in [2.45, 2.75) is 18.9 Å². The van der Waals surface area contributed by atoms with Crippen molar-refractivity contribution in [1.82, 2.24) is 4.90 Å². The number of amides is 1. The summed E-state index contributed by atoms with van der Waals surface area (Å²) in [7, 11) is 0. The maximum atomic E-state index is 11.5. The Kier molecular flexibility index (Phi) is 6.79. The average Bonchev–Trinajstić information content (AvgIpc) is 2.88. The van der Waals surface area contributed by atoms with Gasteiger partial charge in [-0.25, -0.2) is 0 Å². The number of β-amino-alcohol motifs (C(OH)–C–C–N with tert-alkyl or cyclic N) is 1. The Morgan fingerprint density at radius 1 is 0.882 bits per heavy atom. The Hall–Kier alpha value is -3.35. The van der Waals surface area contributed by atoms with Gasteiger partial charge in [0.1, 0.15) is 18.5 Å². The Morgan fingerprint density at radius 2 is 1.62 bits per heavy atom. The summed E-state index contributed by atoms with van der Waals surface area (Å²) in [6.45, 7) is 4.56. The SMILES string of the molecule is O=C1CCc2cc(OC[C@@H](O)CN3CCN(c4ccc(-c5ccccc5)cc4)CC3)ccc2N1. The molecule has 0 bridgehead atoms. The lowest BCUT2D eigenvalue weighted by atomic mass is 10.0. The maximum Gasteiger partial charge on any atom is 0.224 e. The fourth-order valence-electron chi connectivity index (χ4n) is 4.68. The number of anilines is 2. The molecular weight excluding hydrogens is 426 g/mol. The highest BCUT2D eigenvalue weighted by Crippen LogP contribution is 2.27. The molecule has 3 aromatic carbocycles. The minimum absolute atomic E-state index is 0.0564. The largest absolute Gasteiger partial charge is 0.491 e. The lowest BCUT2D eigenvalue weighted by Gasteiger charge is -2.37. The molecule has 2 aliphatic rings. The molecule has 0 saturated carbocycles. The molecule has 0 aliphatic carbocycles. The molecule has 0 radical (unpaired) electrons. The molecule has 5 rings (SSSR count). The van der Waals surface area contributed by atoms with Crippen molar-refractivity contribution in [3.8, 4) is 16.9 Å². The van der Waals surface area contributed by atoms with Crippen molar-refractivity contribution in [1.29, 1.82) is 0 Å². The van der Waals surface area contributed by atoms with E-state index in [9.17, 15) is 9.90 Å².